The molecule has 1 rings (SSSR count). The van der Waals surface area contributed by atoms with Crippen LogP contribution < -0.4 is 0 Å². The lowest BCUT2D eigenvalue weighted by Gasteiger charge is -2.22. The zero-order valence-electron chi connectivity index (χ0n) is 12.9. The van der Waals surface area contributed by atoms with Gasteiger partial charge in [-0.05, 0) is 47.0 Å². The molecule has 0 aromatic heterocycles. The normalized spacial score (nSPS) is 11.8. The maximum absolute atomic E-state index is 12.7. The molecule has 0 heterocycles. The van der Waals surface area contributed by atoms with Crippen molar-refractivity contribution in [3.05, 3.63) is 28.2 Å². The van der Waals surface area contributed by atoms with Crippen molar-refractivity contribution in [2.24, 2.45) is 0 Å². The lowest BCUT2D eigenvalue weighted by Crippen LogP contribution is -2.33. The summed E-state index contributed by atoms with van der Waals surface area (Å²) in [7, 11) is -3.67. The highest BCUT2D eigenvalue weighted by molar-refractivity contribution is 9.10. The SMILES string of the molecule is CCCCN(CCCC)S(=O)(=O)c1ccc(Br)c(C(=O)O)c1. The summed E-state index contributed by atoms with van der Waals surface area (Å²) >= 11 is 3.13. The molecule has 7 heteroatoms. The van der Waals surface area contributed by atoms with Crippen molar-refractivity contribution in [2.45, 2.75) is 44.4 Å². The van der Waals surface area contributed by atoms with E-state index in [-0.39, 0.29) is 10.5 Å². The topological polar surface area (TPSA) is 74.7 Å². The van der Waals surface area contributed by atoms with Crippen molar-refractivity contribution < 1.29 is 18.3 Å². The minimum absolute atomic E-state index is 0.0281. The van der Waals surface area contributed by atoms with Crippen molar-refractivity contribution >= 4 is 31.9 Å². The van der Waals surface area contributed by atoms with Crippen LogP contribution in [0.2, 0.25) is 0 Å². The smallest absolute Gasteiger partial charge is 0.336 e. The number of hydrogen-bond donors (Lipinski definition) is 1. The van der Waals surface area contributed by atoms with Crippen LogP contribution in [-0.2, 0) is 10.0 Å². The highest BCUT2D eigenvalue weighted by atomic mass is 79.9. The first-order valence-electron chi connectivity index (χ1n) is 7.37. The van der Waals surface area contributed by atoms with Gasteiger partial charge in [-0.25, -0.2) is 13.2 Å². The maximum atomic E-state index is 12.7. The maximum Gasteiger partial charge on any atom is 0.336 e. The number of unbranched alkanes of at least 4 members (excludes halogenated alkanes) is 2. The van der Waals surface area contributed by atoms with Gasteiger partial charge < -0.3 is 5.11 Å². The molecule has 124 valence electrons. The highest BCUT2D eigenvalue weighted by Crippen LogP contribution is 2.24. The second-order valence-corrected chi connectivity index (χ2v) is 7.85. The van der Waals surface area contributed by atoms with Gasteiger partial charge in [-0.3, -0.25) is 0 Å². The molecule has 0 aliphatic carbocycles. The molecular weight excluding hydrogens is 370 g/mol. The van der Waals surface area contributed by atoms with E-state index >= 15 is 0 Å². The molecule has 0 aliphatic heterocycles. The van der Waals surface area contributed by atoms with E-state index in [1.807, 2.05) is 13.8 Å². The van der Waals surface area contributed by atoms with Crippen LogP contribution >= 0.6 is 15.9 Å². The Balaban J connectivity index is 3.18. The summed E-state index contributed by atoms with van der Waals surface area (Å²) in [5.41, 5.74) is -0.0491. The van der Waals surface area contributed by atoms with E-state index in [2.05, 4.69) is 15.9 Å². The fraction of sp³-hybridized carbons (Fsp3) is 0.533. The largest absolute Gasteiger partial charge is 0.478 e. The predicted molar refractivity (Wildman–Crippen MR) is 89.7 cm³/mol. The number of halogens is 1. The van der Waals surface area contributed by atoms with Gasteiger partial charge in [0.05, 0.1) is 10.5 Å². The lowest BCUT2D eigenvalue weighted by atomic mass is 10.2. The molecule has 22 heavy (non-hydrogen) atoms. The van der Waals surface area contributed by atoms with E-state index in [0.717, 1.165) is 25.7 Å². The van der Waals surface area contributed by atoms with Crippen LogP contribution in [0.15, 0.2) is 27.6 Å². The van der Waals surface area contributed by atoms with Crippen molar-refractivity contribution in [3.8, 4) is 0 Å². The first-order valence-corrected chi connectivity index (χ1v) is 9.60. The minimum Gasteiger partial charge on any atom is -0.478 e. The molecule has 0 atom stereocenters. The fourth-order valence-electron chi connectivity index (χ4n) is 2.00. The molecule has 0 amide bonds. The van der Waals surface area contributed by atoms with Gasteiger partial charge in [-0.15, -0.1) is 0 Å². The first kappa shape index (κ1) is 19.1. The summed E-state index contributed by atoms with van der Waals surface area (Å²) in [6.45, 7) is 4.92. The monoisotopic (exact) mass is 391 g/mol. The highest BCUT2D eigenvalue weighted by Gasteiger charge is 2.25. The Bertz CT molecular complexity index is 608. The van der Waals surface area contributed by atoms with E-state index in [1.54, 1.807) is 0 Å². The average Bonchev–Trinajstić information content (AvgIpc) is 2.47. The quantitative estimate of drug-likeness (QED) is 0.695. The number of benzene rings is 1. The van der Waals surface area contributed by atoms with E-state index < -0.39 is 16.0 Å². The Morgan fingerprint density at radius 1 is 1.18 bits per heavy atom. The van der Waals surface area contributed by atoms with Crippen LogP contribution in [0.3, 0.4) is 0 Å². The zero-order valence-corrected chi connectivity index (χ0v) is 15.3. The fourth-order valence-corrected chi connectivity index (χ4v) is 3.96. The van der Waals surface area contributed by atoms with E-state index in [0.29, 0.717) is 17.6 Å². The minimum atomic E-state index is -3.67. The molecule has 0 aliphatic rings. The van der Waals surface area contributed by atoms with Gasteiger partial charge in [-0.2, -0.15) is 4.31 Å². The number of nitrogens with zero attached hydrogens (tertiary/aromatic N) is 1. The number of carbonyl (C=O) groups is 1. The van der Waals surface area contributed by atoms with Gasteiger partial charge in [0.2, 0.25) is 10.0 Å². The molecule has 0 radical (unpaired) electrons. The van der Waals surface area contributed by atoms with Crippen LogP contribution in [0, 0.1) is 0 Å². The molecule has 1 N–H and O–H groups in total. The van der Waals surface area contributed by atoms with Crippen LogP contribution in [0.25, 0.3) is 0 Å². The summed E-state index contributed by atoms with van der Waals surface area (Å²) in [5.74, 6) is -1.16. The number of hydrogen-bond acceptors (Lipinski definition) is 3. The third-order valence-corrected chi connectivity index (χ3v) is 5.91. The lowest BCUT2D eigenvalue weighted by molar-refractivity contribution is 0.0695. The van der Waals surface area contributed by atoms with Crippen LogP contribution in [0.1, 0.15) is 49.9 Å². The molecule has 1 aromatic carbocycles. The Morgan fingerprint density at radius 2 is 1.73 bits per heavy atom. The summed E-state index contributed by atoms with van der Waals surface area (Å²) < 4.78 is 27.3. The number of aromatic carboxylic acids is 1. The molecule has 0 saturated carbocycles. The van der Waals surface area contributed by atoms with Crippen molar-refractivity contribution in [2.75, 3.05) is 13.1 Å². The molecule has 1 aromatic rings. The van der Waals surface area contributed by atoms with E-state index in [4.69, 9.17) is 5.11 Å². The third-order valence-electron chi connectivity index (χ3n) is 3.33. The Labute approximate surface area is 140 Å². The van der Waals surface area contributed by atoms with Crippen molar-refractivity contribution in [1.29, 1.82) is 0 Å². The van der Waals surface area contributed by atoms with Gasteiger partial charge in [0, 0.05) is 17.6 Å². The average molecular weight is 392 g/mol. The zero-order chi connectivity index (χ0) is 16.8. The van der Waals surface area contributed by atoms with E-state index in [9.17, 15) is 13.2 Å². The first-order chi connectivity index (χ1) is 10.3. The van der Waals surface area contributed by atoms with Gasteiger partial charge in [0.15, 0.2) is 0 Å². The number of carboxylic acids is 1. The number of sulfonamides is 1. The summed E-state index contributed by atoms with van der Waals surface area (Å²) in [6.07, 6.45) is 3.37. The Morgan fingerprint density at radius 3 is 2.18 bits per heavy atom. The summed E-state index contributed by atoms with van der Waals surface area (Å²) in [6, 6.07) is 4.12. The van der Waals surface area contributed by atoms with Crippen molar-refractivity contribution in [1.82, 2.24) is 4.31 Å². The van der Waals surface area contributed by atoms with Crippen LogP contribution in [0.5, 0.6) is 0 Å². The van der Waals surface area contributed by atoms with Crippen LogP contribution in [0.4, 0.5) is 0 Å². The second-order valence-electron chi connectivity index (χ2n) is 5.06. The van der Waals surface area contributed by atoms with Gasteiger partial charge >= 0.3 is 5.97 Å². The van der Waals surface area contributed by atoms with Crippen molar-refractivity contribution in [3.63, 3.8) is 0 Å². The summed E-state index contributed by atoms with van der Waals surface area (Å²) in [5, 5.41) is 9.14. The molecule has 5 nitrogen and oxygen atoms in total. The number of carboxylic acid groups (broad SMARTS) is 1. The molecule has 0 bridgehead atoms. The molecule has 0 spiro atoms. The Kier molecular flexibility index (Phi) is 7.52. The van der Waals surface area contributed by atoms with E-state index in [1.165, 1.54) is 22.5 Å². The second kappa shape index (κ2) is 8.64. The third kappa shape index (κ3) is 4.79. The van der Waals surface area contributed by atoms with Crippen LogP contribution in [-0.4, -0.2) is 36.9 Å². The molecular formula is C15H22BrNO4S. The predicted octanol–water partition coefficient (Wildman–Crippen LogP) is 3.74. The summed E-state index contributed by atoms with van der Waals surface area (Å²) in [4.78, 5) is 11.2. The van der Waals surface area contributed by atoms with Gasteiger partial charge in [0.1, 0.15) is 0 Å². The van der Waals surface area contributed by atoms with Gasteiger partial charge in [0.25, 0.3) is 0 Å². The van der Waals surface area contributed by atoms with Gasteiger partial charge in [-0.1, -0.05) is 26.7 Å². The molecule has 0 unspecified atom stereocenters. The molecule has 0 saturated heterocycles. The number of rotatable bonds is 9. The standard InChI is InChI=1S/C15H22BrNO4S/c1-3-5-9-17(10-6-4-2)22(20,21)12-7-8-14(16)13(11-12)15(18)19/h7-8,11H,3-6,9-10H2,1-2H3,(H,18,19). The molecule has 0 fully saturated rings. The Hall–Kier alpha value is -0.920.